The Bertz CT molecular complexity index is 1080. The van der Waals surface area contributed by atoms with Gasteiger partial charge in [-0.05, 0) is 54.3 Å². The van der Waals surface area contributed by atoms with Crippen LogP contribution < -0.4 is 9.64 Å². The second-order valence-electron chi connectivity index (χ2n) is 6.75. The average molecular weight is 420 g/mol. The zero-order valence-corrected chi connectivity index (χ0v) is 17.1. The Morgan fingerprint density at radius 2 is 1.93 bits per heavy atom. The summed E-state index contributed by atoms with van der Waals surface area (Å²) < 4.78 is 5.57. The van der Waals surface area contributed by atoms with Crippen LogP contribution in [0.2, 0.25) is 0 Å². The van der Waals surface area contributed by atoms with Crippen LogP contribution in [-0.2, 0) is 9.59 Å². The predicted octanol–water partition coefficient (Wildman–Crippen LogP) is 4.56. The Labute approximate surface area is 178 Å². The van der Waals surface area contributed by atoms with E-state index < -0.39 is 17.7 Å². The largest absolute Gasteiger partial charge is 0.507 e. The van der Waals surface area contributed by atoms with Crippen LogP contribution in [-0.4, -0.2) is 28.4 Å². The van der Waals surface area contributed by atoms with Crippen molar-refractivity contribution < 1.29 is 19.4 Å². The average Bonchev–Trinajstić information content (AvgIpc) is 3.40. The molecule has 152 valence electrons. The van der Waals surface area contributed by atoms with Gasteiger partial charge >= 0.3 is 5.91 Å². The van der Waals surface area contributed by atoms with Gasteiger partial charge in [-0.3, -0.25) is 14.5 Å². The summed E-state index contributed by atoms with van der Waals surface area (Å²) in [4.78, 5) is 32.2. The molecule has 1 unspecified atom stereocenters. The number of aliphatic hydroxyl groups excluding tert-OH is 1. The molecule has 1 atom stereocenters. The first-order valence-electron chi connectivity index (χ1n) is 9.60. The standard InChI is InChI=1S/C23H20N2O4S/c1-2-13-29-16-10-8-15(9-11-16)21(26)19-20(17-6-5-14-30-17)25(23(28)22(19)27)18-7-3-4-12-24-18/h3-12,14,20,26H,2,13H2,1H3/b21-19+. The molecule has 1 aromatic carbocycles. The summed E-state index contributed by atoms with van der Waals surface area (Å²) in [6, 6.07) is 14.9. The molecule has 0 bridgehead atoms. The minimum absolute atomic E-state index is 0.0512. The summed E-state index contributed by atoms with van der Waals surface area (Å²) in [6.07, 6.45) is 2.45. The Morgan fingerprint density at radius 1 is 1.13 bits per heavy atom. The Balaban J connectivity index is 1.80. The number of carbonyl (C=O) groups is 2. The fraction of sp³-hybridized carbons (Fsp3) is 0.174. The van der Waals surface area contributed by atoms with Gasteiger partial charge in [0.25, 0.3) is 5.78 Å². The third-order valence-corrected chi connectivity index (χ3v) is 5.68. The smallest absolute Gasteiger partial charge is 0.301 e. The molecule has 6 nitrogen and oxygen atoms in total. The predicted molar refractivity (Wildman–Crippen MR) is 116 cm³/mol. The number of hydrogen-bond donors (Lipinski definition) is 1. The summed E-state index contributed by atoms with van der Waals surface area (Å²) in [5.41, 5.74) is 0.495. The zero-order chi connectivity index (χ0) is 21.1. The molecule has 1 saturated heterocycles. The molecule has 1 aliphatic rings. The molecule has 0 saturated carbocycles. The summed E-state index contributed by atoms with van der Waals surface area (Å²) in [7, 11) is 0. The SMILES string of the molecule is CCCOc1ccc(/C(O)=C2\C(=O)C(=O)N(c3ccccn3)C2c2cccs2)cc1. The quantitative estimate of drug-likeness (QED) is 0.359. The number of pyridine rings is 1. The first kappa shape index (κ1) is 19.8. The number of rotatable bonds is 6. The van der Waals surface area contributed by atoms with Crippen LogP contribution in [0.4, 0.5) is 5.82 Å². The monoisotopic (exact) mass is 420 g/mol. The number of thiophene rings is 1. The molecular formula is C23H20N2O4S. The number of ether oxygens (including phenoxy) is 1. The molecule has 1 fully saturated rings. The lowest BCUT2D eigenvalue weighted by Crippen LogP contribution is -2.29. The Hall–Kier alpha value is -3.45. The number of amides is 1. The number of aromatic nitrogens is 1. The highest BCUT2D eigenvalue weighted by atomic mass is 32.1. The first-order valence-corrected chi connectivity index (χ1v) is 10.5. The number of Topliss-reactive ketones (excluding diaryl/α,β-unsaturated/α-hetero) is 1. The van der Waals surface area contributed by atoms with Crippen LogP contribution in [0.25, 0.3) is 5.76 Å². The van der Waals surface area contributed by atoms with E-state index in [1.807, 2.05) is 24.4 Å². The van der Waals surface area contributed by atoms with E-state index in [-0.39, 0.29) is 11.3 Å². The summed E-state index contributed by atoms with van der Waals surface area (Å²) in [5, 5.41) is 12.9. The molecule has 1 N–H and O–H groups in total. The molecule has 1 amide bonds. The van der Waals surface area contributed by atoms with Crippen LogP contribution in [0, 0.1) is 0 Å². The number of ketones is 1. The fourth-order valence-corrected chi connectivity index (χ4v) is 4.19. The lowest BCUT2D eigenvalue weighted by Gasteiger charge is -2.23. The van der Waals surface area contributed by atoms with Crippen molar-refractivity contribution >= 4 is 34.6 Å². The molecule has 0 aliphatic carbocycles. The van der Waals surface area contributed by atoms with Gasteiger partial charge in [-0.2, -0.15) is 0 Å². The van der Waals surface area contributed by atoms with Crippen molar-refractivity contribution in [3.8, 4) is 5.75 Å². The third-order valence-electron chi connectivity index (χ3n) is 4.75. The molecule has 3 aromatic rings. The number of benzene rings is 1. The van der Waals surface area contributed by atoms with Crippen LogP contribution in [0.3, 0.4) is 0 Å². The fourth-order valence-electron chi connectivity index (χ4n) is 3.37. The van der Waals surface area contributed by atoms with Crippen LogP contribution in [0.1, 0.15) is 29.8 Å². The van der Waals surface area contributed by atoms with Crippen molar-refractivity contribution in [1.29, 1.82) is 0 Å². The van der Waals surface area contributed by atoms with Crippen LogP contribution in [0.5, 0.6) is 5.75 Å². The van der Waals surface area contributed by atoms with E-state index in [0.29, 0.717) is 23.7 Å². The van der Waals surface area contributed by atoms with Crippen molar-refractivity contribution in [2.75, 3.05) is 11.5 Å². The van der Waals surface area contributed by atoms with Gasteiger partial charge in [-0.1, -0.05) is 19.1 Å². The van der Waals surface area contributed by atoms with E-state index in [4.69, 9.17) is 4.74 Å². The van der Waals surface area contributed by atoms with E-state index in [1.165, 1.54) is 16.2 Å². The summed E-state index contributed by atoms with van der Waals surface area (Å²) >= 11 is 1.41. The van der Waals surface area contributed by atoms with Gasteiger partial charge in [0.15, 0.2) is 0 Å². The first-order chi connectivity index (χ1) is 14.6. The van der Waals surface area contributed by atoms with Crippen LogP contribution in [0.15, 0.2) is 71.7 Å². The maximum absolute atomic E-state index is 13.0. The van der Waals surface area contributed by atoms with Gasteiger partial charge in [-0.15, -0.1) is 11.3 Å². The summed E-state index contributed by atoms with van der Waals surface area (Å²) in [6.45, 7) is 2.62. The highest BCUT2D eigenvalue weighted by Gasteiger charge is 2.47. The van der Waals surface area contributed by atoms with Gasteiger partial charge in [0.05, 0.1) is 12.2 Å². The normalized spacial score (nSPS) is 18.0. The highest BCUT2D eigenvalue weighted by molar-refractivity contribution is 7.10. The second kappa shape index (κ2) is 8.51. The molecule has 0 spiro atoms. The van der Waals surface area contributed by atoms with Crippen molar-refractivity contribution in [3.63, 3.8) is 0 Å². The lowest BCUT2D eigenvalue weighted by molar-refractivity contribution is -0.132. The van der Waals surface area contributed by atoms with Gasteiger partial charge < -0.3 is 9.84 Å². The number of aliphatic hydroxyl groups is 1. The highest BCUT2D eigenvalue weighted by Crippen LogP contribution is 2.42. The molecule has 1 aliphatic heterocycles. The number of carbonyl (C=O) groups excluding carboxylic acids is 2. The minimum atomic E-state index is -0.740. The summed E-state index contributed by atoms with van der Waals surface area (Å²) in [5.74, 6) is -0.621. The molecular weight excluding hydrogens is 400 g/mol. The number of anilines is 1. The zero-order valence-electron chi connectivity index (χ0n) is 16.3. The molecule has 30 heavy (non-hydrogen) atoms. The number of hydrogen-bond acceptors (Lipinski definition) is 6. The molecule has 0 radical (unpaired) electrons. The molecule has 7 heteroatoms. The van der Waals surface area contributed by atoms with E-state index >= 15 is 0 Å². The van der Waals surface area contributed by atoms with Crippen LogP contribution >= 0.6 is 11.3 Å². The molecule has 3 heterocycles. The van der Waals surface area contributed by atoms with E-state index in [1.54, 1.807) is 48.7 Å². The van der Waals surface area contributed by atoms with Gasteiger partial charge in [0.1, 0.15) is 23.4 Å². The van der Waals surface area contributed by atoms with Gasteiger partial charge in [0, 0.05) is 16.6 Å². The van der Waals surface area contributed by atoms with E-state index in [9.17, 15) is 14.7 Å². The molecule has 2 aromatic heterocycles. The maximum Gasteiger partial charge on any atom is 0.301 e. The van der Waals surface area contributed by atoms with Crippen molar-refractivity contribution in [3.05, 3.63) is 82.2 Å². The minimum Gasteiger partial charge on any atom is -0.507 e. The molecule has 4 rings (SSSR count). The maximum atomic E-state index is 13.0. The lowest BCUT2D eigenvalue weighted by atomic mass is 10.00. The topological polar surface area (TPSA) is 79.7 Å². The van der Waals surface area contributed by atoms with Crippen molar-refractivity contribution in [2.24, 2.45) is 0 Å². The Kier molecular flexibility index (Phi) is 5.63. The Morgan fingerprint density at radius 3 is 2.57 bits per heavy atom. The second-order valence-corrected chi connectivity index (χ2v) is 7.72. The van der Waals surface area contributed by atoms with Gasteiger partial charge in [-0.25, -0.2) is 4.98 Å². The number of nitrogens with zero attached hydrogens (tertiary/aromatic N) is 2. The van der Waals surface area contributed by atoms with Gasteiger partial charge in [0.2, 0.25) is 0 Å². The van der Waals surface area contributed by atoms with E-state index in [0.717, 1.165) is 11.3 Å². The van der Waals surface area contributed by atoms with Crippen molar-refractivity contribution in [2.45, 2.75) is 19.4 Å². The van der Waals surface area contributed by atoms with E-state index in [2.05, 4.69) is 4.98 Å². The van der Waals surface area contributed by atoms with Crippen molar-refractivity contribution in [1.82, 2.24) is 4.98 Å². The third kappa shape index (κ3) is 3.59.